The third kappa shape index (κ3) is 3.37. The Hall–Kier alpha value is -2.04. The van der Waals surface area contributed by atoms with Gasteiger partial charge in [0.2, 0.25) is 11.8 Å². The van der Waals surface area contributed by atoms with Crippen molar-refractivity contribution < 1.29 is 9.59 Å². The number of carbonyl (C=O) groups excluding carboxylic acids is 2. The summed E-state index contributed by atoms with van der Waals surface area (Å²) in [7, 11) is 0. The fourth-order valence-electron chi connectivity index (χ4n) is 2.65. The van der Waals surface area contributed by atoms with E-state index >= 15 is 0 Å². The Bertz CT molecular complexity index is 793. The average molecular weight is 377 g/mol. The molecule has 0 atom stereocenters. The van der Waals surface area contributed by atoms with E-state index in [1.807, 2.05) is 13.8 Å². The zero-order valence-electron chi connectivity index (χ0n) is 14.0. The van der Waals surface area contributed by atoms with Crippen molar-refractivity contribution in [3.63, 3.8) is 0 Å². The molecule has 1 aliphatic rings. The minimum atomic E-state index is -1.04. The van der Waals surface area contributed by atoms with Crippen molar-refractivity contribution in [2.24, 2.45) is 5.41 Å². The van der Waals surface area contributed by atoms with Crippen LogP contribution in [0.1, 0.15) is 24.0 Å². The number of hydrogen-bond donors (Lipinski definition) is 2. The summed E-state index contributed by atoms with van der Waals surface area (Å²) in [5.74, 6) is -0.620. The first-order chi connectivity index (χ1) is 11.8. The van der Waals surface area contributed by atoms with Gasteiger partial charge in [-0.05, 0) is 62.1 Å². The molecular formula is C19H18Cl2N2O2. The Morgan fingerprint density at radius 1 is 0.840 bits per heavy atom. The molecule has 2 amide bonds. The van der Waals surface area contributed by atoms with Crippen LogP contribution >= 0.6 is 23.2 Å². The lowest BCUT2D eigenvalue weighted by Crippen LogP contribution is -2.36. The molecular weight excluding hydrogens is 359 g/mol. The summed E-state index contributed by atoms with van der Waals surface area (Å²) in [6.45, 7) is 3.65. The molecule has 0 spiro atoms. The van der Waals surface area contributed by atoms with Gasteiger partial charge in [0.15, 0.2) is 0 Å². The number of rotatable bonds is 4. The van der Waals surface area contributed by atoms with Gasteiger partial charge in [0.1, 0.15) is 5.41 Å². The van der Waals surface area contributed by atoms with E-state index in [-0.39, 0.29) is 11.8 Å². The van der Waals surface area contributed by atoms with Gasteiger partial charge in [-0.2, -0.15) is 0 Å². The van der Waals surface area contributed by atoms with Crippen molar-refractivity contribution in [2.75, 3.05) is 10.6 Å². The molecule has 2 aromatic carbocycles. The fourth-order valence-corrected chi connectivity index (χ4v) is 3.00. The molecule has 3 rings (SSSR count). The number of nitrogens with one attached hydrogen (secondary N) is 2. The molecule has 0 heterocycles. The molecule has 1 fully saturated rings. The molecule has 25 heavy (non-hydrogen) atoms. The first-order valence-electron chi connectivity index (χ1n) is 7.98. The van der Waals surface area contributed by atoms with Gasteiger partial charge < -0.3 is 10.6 Å². The highest BCUT2D eigenvalue weighted by Gasteiger charge is 2.56. The molecule has 0 bridgehead atoms. The fraction of sp³-hybridized carbons (Fsp3) is 0.263. The number of benzene rings is 2. The van der Waals surface area contributed by atoms with Gasteiger partial charge in [0.05, 0.1) is 0 Å². The van der Waals surface area contributed by atoms with Crippen LogP contribution in [0.15, 0.2) is 36.4 Å². The monoisotopic (exact) mass is 376 g/mol. The minimum Gasteiger partial charge on any atom is -0.325 e. The zero-order valence-corrected chi connectivity index (χ0v) is 15.5. The molecule has 0 saturated heterocycles. The van der Waals surface area contributed by atoms with Crippen molar-refractivity contribution in [2.45, 2.75) is 26.7 Å². The van der Waals surface area contributed by atoms with E-state index in [2.05, 4.69) is 10.6 Å². The normalized spacial score (nSPS) is 14.7. The Balaban J connectivity index is 1.77. The first kappa shape index (κ1) is 17.8. The Morgan fingerprint density at radius 2 is 1.24 bits per heavy atom. The Labute approximate surface area is 156 Å². The highest BCUT2D eigenvalue weighted by atomic mass is 35.5. The van der Waals surface area contributed by atoms with Crippen molar-refractivity contribution >= 4 is 46.4 Å². The SMILES string of the molecule is Cc1c(Cl)cccc1NC(=O)C1(C(=O)Nc2cccc(Cl)c2C)CC1. The largest absolute Gasteiger partial charge is 0.325 e. The maximum atomic E-state index is 12.7. The van der Waals surface area contributed by atoms with Crippen LogP contribution in [0.3, 0.4) is 0 Å². The summed E-state index contributed by atoms with van der Waals surface area (Å²) >= 11 is 12.2. The predicted octanol–water partition coefficient (Wildman–Crippen LogP) is 4.97. The second kappa shape index (κ2) is 6.70. The summed E-state index contributed by atoms with van der Waals surface area (Å²) in [6, 6.07) is 10.6. The molecule has 6 heteroatoms. The van der Waals surface area contributed by atoms with Gasteiger partial charge in [-0.15, -0.1) is 0 Å². The van der Waals surface area contributed by atoms with E-state index in [9.17, 15) is 9.59 Å². The van der Waals surface area contributed by atoms with Gasteiger partial charge in [0.25, 0.3) is 0 Å². The molecule has 1 saturated carbocycles. The maximum absolute atomic E-state index is 12.7. The molecule has 130 valence electrons. The molecule has 4 nitrogen and oxygen atoms in total. The maximum Gasteiger partial charge on any atom is 0.240 e. The lowest BCUT2D eigenvalue weighted by atomic mass is 10.0. The summed E-state index contributed by atoms with van der Waals surface area (Å²) < 4.78 is 0. The van der Waals surface area contributed by atoms with E-state index in [0.29, 0.717) is 34.3 Å². The quantitative estimate of drug-likeness (QED) is 0.740. The van der Waals surface area contributed by atoms with Gasteiger partial charge >= 0.3 is 0 Å². The van der Waals surface area contributed by atoms with E-state index in [4.69, 9.17) is 23.2 Å². The van der Waals surface area contributed by atoms with Gasteiger partial charge in [0, 0.05) is 21.4 Å². The van der Waals surface area contributed by atoms with Crippen molar-refractivity contribution in [1.82, 2.24) is 0 Å². The second-order valence-corrected chi connectivity index (χ2v) is 7.13. The van der Waals surface area contributed by atoms with Crippen molar-refractivity contribution in [3.05, 3.63) is 57.6 Å². The van der Waals surface area contributed by atoms with E-state index in [1.54, 1.807) is 36.4 Å². The van der Waals surface area contributed by atoms with Gasteiger partial charge in [-0.1, -0.05) is 35.3 Å². The van der Waals surface area contributed by atoms with Crippen LogP contribution in [0.5, 0.6) is 0 Å². The molecule has 0 unspecified atom stereocenters. The number of hydrogen-bond acceptors (Lipinski definition) is 2. The van der Waals surface area contributed by atoms with Crippen molar-refractivity contribution in [3.8, 4) is 0 Å². The van der Waals surface area contributed by atoms with Crippen LogP contribution in [-0.4, -0.2) is 11.8 Å². The first-order valence-corrected chi connectivity index (χ1v) is 8.74. The van der Waals surface area contributed by atoms with Crippen LogP contribution in [0, 0.1) is 19.3 Å². The van der Waals surface area contributed by atoms with Crippen LogP contribution in [0.2, 0.25) is 10.0 Å². The Morgan fingerprint density at radius 3 is 1.60 bits per heavy atom. The Kier molecular flexibility index (Phi) is 4.76. The average Bonchev–Trinajstić information content (AvgIpc) is 3.38. The van der Waals surface area contributed by atoms with E-state index in [0.717, 1.165) is 11.1 Å². The molecule has 2 aromatic rings. The second-order valence-electron chi connectivity index (χ2n) is 6.32. The minimum absolute atomic E-state index is 0.310. The number of halogens is 2. The highest BCUT2D eigenvalue weighted by molar-refractivity contribution is 6.32. The lowest BCUT2D eigenvalue weighted by molar-refractivity contribution is -0.131. The number of anilines is 2. The molecule has 1 aliphatic carbocycles. The summed E-state index contributed by atoms with van der Waals surface area (Å²) in [5, 5.41) is 6.81. The molecule has 0 radical (unpaired) electrons. The third-order valence-electron chi connectivity index (χ3n) is 4.65. The highest BCUT2D eigenvalue weighted by Crippen LogP contribution is 2.48. The summed E-state index contributed by atoms with van der Waals surface area (Å²) in [4.78, 5) is 25.4. The van der Waals surface area contributed by atoms with Gasteiger partial charge in [-0.25, -0.2) is 0 Å². The predicted molar refractivity (Wildman–Crippen MR) is 101 cm³/mol. The summed E-state index contributed by atoms with van der Waals surface area (Å²) in [6.07, 6.45) is 1.04. The standard InChI is InChI=1S/C19H18Cl2N2O2/c1-11-13(20)5-3-7-15(11)22-17(24)19(9-10-19)18(25)23-16-8-4-6-14(21)12(16)2/h3-8H,9-10H2,1-2H3,(H,22,24)(H,23,25). The smallest absolute Gasteiger partial charge is 0.240 e. The topological polar surface area (TPSA) is 58.2 Å². The number of amides is 2. The molecule has 0 aliphatic heterocycles. The molecule has 2 N–H and O–H groups in total. The van der Waals surface area contributed by atoms with Crippen LogP contribution in [0.25, 0.3) is 0 Å². The summed E-state index contributed by atoms with van der Waals surface area (Å²) in [5.41, 5.74) is 1.76. The zero-order chi connectivity index (χ0) is 18.2. The number of carbonyl (C=O) groups is 2. The third-order valence-corrected chi connectivity index (χ3v) is 5.47. The van der Waals surface area contributed by atoms with Crippen LogP contribution in [-0.2, 0) is 9.59 Å². The lowest BCUT2D eigenvalue weighted by Gasteiger charge is -2.18. The van der Waals surface area contributed by atoms with Crippen LogP contribution in [0.4, 0.5) is 11.4 Å². The van der Waals surface area contributed by atoms with E-state index in [1.165, 1.54) is 0 Å². The van der Waals surface area contributed by atoms with E-state index < -0.39 is 5.41 Å². The molecule has 0 aromatic heterocycles. The van der Waals surface area contributed by atoms with Crippen LogP contribution < -0.4 is 10.6 Å². The van der Waals surface area contributed by atoms with Crippen molar-refractivity contribution in [1.29, 1.82) is 0 Å². The van der Waals surface area contributed by atoms with Gasteiger partial charge in [-0.3, -0.25) is 9.59 Å².